The lowest BCUT2D eigenvalue weighted by Gasteiger charge is -2.34. The van der Waals surface area contributed by atoms with E-state index in [1.807, 2.05) is 7.05 Å². The first-order valence-corrected chi connectivity index (χ1v) is 7.09. The van der Waals surface area contributed by atoms with E-state index in [-0.39, 0.29) is 22.4 Å². The number of halogens is 1. The van der Waals surface area contributed by atoms with Gasteiger partial charge in [-0.3, -0.25) is 0 Å². The summed E-state index contributed by atoms with van der Waals surface area (Å²) in [6.45, 7) is 4.44. The second-order valence-electron chi connectivity index (χ2n) is 5.66. The van der Waals surface area contributed by atoms with Gasteiger partial charge in [-0.05, 0) is 18.3 Å². The van der Waals surface area contributed by atoms with Crippen LogP contribution in [0.2, 0.25) is 0 Å². The molecular weight excluding hydrogens is 338 g/mol. The van der Waals surface area contributed by atoms with Gasteiger partial charge in [-0.1, -0.05) is 25.6 Å². The van der Waals surface area contributed by atoms with Gasteiger partial charge in [0, 0.05) is 12.7 Å². The Morgan fingerprint density at radius 3 is 2.75 bits per heavy atom. The summed E-state index contributed by atoms with van der Waals surface area (Å²) in [6.07, 6.45) is 3.41. The fraction of sp³-hybridized carbons (Fsp3) is 0.462. The van der Waals surface area contributed by atoms with E-state index in [9.17, 15) is 0 Å². The summed E-state index contributed by atoms with van der Waals surface area (Å²) >= 11 is 1.61. The molecule has 1 aliphatic carbocycles. The maximum absolute atomic E-state index is 6.21. The molecule has 0 saturated carbocycles. The minimum atomic E-state index is 0. The van der Waals surface area contributed by atoms with Crippen molar-refractivity contribution in [2.75, 3.05) is 12.4 Å². The monoisotopic (exact) mass is 355 g/mol. The van der Waals surface area contributed by atoms with Crippen LogP contribution in [0.5, 0.6) is 0 Å². The molecule has 2 aliphatic rings. The molecule has 0 spiro atoms. The van der Waals surface area contributed by atoms with Crippen molar-refractivity contribution in [1.82, 2.24) is 9.97 Å². The van der Waals surface area contributed by atoms with Crippen molar-refractivity contribution in [2.24, 2.45) is 16.1 Å². The van der Waals surface area contributed by atoms with Crippen LogP contribution < -0.4 is 11.1 Å². The van der Waals surface area contributed by atoms with Gasteiger partial charge >= 0.3 is 0 Å². The molecule has 0 unspecified atom stereocenters. The van der Waals surface area contributed by atoms with Gasteiger partial charge in [-0.15, -0.1) is 17.0 Å². The Morgan fingerprint density at radius 1 is 1.30 bits per heavy atom. The Hall–Kier alpha value is -1.08. The largest absolute Gasteiger partial charge is 0.401 e. The molecule has 1 aromatic heterocycles. The van der Waals surface area contributed by atoms with Crippen molar-refractivity contribution in [3.05, 3.63) is 16.9 Å². The fourth-order valence-corrected chi connectivity index (χ4v) is 3.52. The second-order valence-corrected chi connectivity index (χ2v) is 6.66. The van der Waals surface area contributed by atoms with E-state index in [2.05, 4.69) is 29.1 Å². The topological polar surface area (TPSA) is 76.2 Å². The molecule has 0 aromatic carbocycles. The highest BCUT2D eigenvalue weighted by molar-refractivity contribution is 8.93. The van der Waals surface area contributed by atoms with E-state index < -0.39 is 0 Å². The Labute approximate surface area is 133 Å². The van der Waals surface area contributed by atoms with Crippen molar-refractivity contribution in [2.45, 2.75) is 31.7 Å². The van der Waals surface area contributed by atoms with Gasteiger partial charge in [-0.2, -0.15) is 0 Å². The molecule has 0 saturated heterocycles. The number of hydrogen-bond acceptors (Lipinski definition) is 6. The molecule has 1 aliphatic heterocycles. The van der Waals surface area contributed by atoms with Crippen LogP contribution in [0.15, 0.2) is 26.9 Å². The lowest BCUT2D eigenvalue weighted by Crippen LogP contribution is -2.28. The minimum absolute atomic E-state index is 0. The number of anilines is 1. The Kier molecular flexibility index (Phi) is 4.11. The van der Waals surface area contributed by atoms with Gasteiger partial charge in [0.2, 0.25) is 0 Å². The molecule has 0 amide bonds. The number of thioether (sulfide) groups is 1. The molecule has 20 heavy (non-hydrogen) atoms. The van der Waals surface area contributed by atoms with Crippen molar-refractivity contribution in [3.63, 3.8) is 0 Å². The van der Waals surface area contributed by atoms with Crippen LogP contribution in [0, 0.1) is 5.41 Å². The first kappa shape index (κ1) is 15.3. The number of hydrogen-bond donors (Lipinski definition) is 2. The van der Waals surface area contributed by atoms with Crippen LogP contribution in [0.3, 0.4) is 0 Å². The summed E-state index contributed by atoms with van der Waals surface area (Å²) in [5.41, 5.74) is 9.20. The molecule has 7 heteroatoms. The summed E-state index contributed by atoms with van der Waals surface area (Å²) < 4.78 is 0. The van der Waals surface area contributed by atoms with E-state index in [0.717, 1.165) is 45.7 Å². The lowest BCUT2D eigenvalue weighted by atomic mass is 9.78. The van der Waals surface area contributed by atoms with Crippen molar-refractivity contribution in [1.29, 1.82) is 0 Å². The standard InChI is InChI=1S/C13H17N5S.BrH/c1-13(2)4-7(14)10-8(5-13)18-9-11(15-3)16-6-17-12(9)19-10;/h6H,4-5,14H2,1-3H3,(H,15,16,17);1H. The van der Waals surface area contributed by atoms with Crippen molar-refractivity contribution in [3.8, 4) is 0 Å². The van der Waals surface area contributed by atoms with Gasteiger partial charge in [0.15, 0.2) is 5.82 Å². The molecule has 3 N–H and O–H groups in total. The van der Waals surface area contributed by atoms with Gasteiger partial charge in [0.1, 0.15) is 17.0 Å². The predicted molar refractivity (Wildman–Crippen MR) is 89.1 cm³/mol. The number of fused-ring (bicyclic) bond motifs is 2. The molecule has 108 valence electrons. The maximum atomic E-state index is 6.21. The summed E-state index contributed by atoms with van der Waals surface area (Å²) in [4.78, 5) is 14.4. The summed E-state index contributed by atoms with van der Waals surface area (Å²) in [6, 6.07) is 0. The van der Waals surface area contributed by atoms with Gasteiger partial charge in [0.25, 0.3) is 0 Å². The van der Waals surface area contributed by atoms with Gasteiger partial charge in [-0.25, -0.2) is 15.0 Å². The second kappa shape index (κ2) is 5.37. The van der Waals surface area contributed by atoms with Crippen LogP contribution >= 0.6 is 28.7 Å². The summed E-state index contributed by atoms with van der Waals surface area (Å²) in [7, 11) is 1.85. The molecule has 3 rings (SSSR count). The average Bonchev–Trinajstić information content (AvgIpc) is 2.35. The van der Waals surface area contributed by atoms with E-state index in [1.54, 1.807) is 18.1 Å². The van der Waals surface area contributed by atoms with Gasteiger partial charge < -0.3 is 11.1 Å². The Balaban J connectivity index is 0.00000147. The zero-order chi connectivity index (χ0) is 13.6. The number of aliphatic imine (C=N–C) groups is 1. The molecule has 1 aromatic rings. The summed E-state index contributed by atoms with van der Waals surface area (Å²) in [5, 5.41) is 3.94. The first-order chi connectivity index (χ1) is 9.00. The van der Waals surface area contributed by atoms with Gasteiger partial charge in [0.05, 0.1) is 10.6 Å². The normalized spacial score (nSPS) is 19.4. The molecular formula is C13H18BrN5S. The maximum Gasteiger partial charge on any atom is 0.156 e. The quantitative estimate of drug-likeness (QED) is 0.756. The van der Waals surface area contributed by atoms with E-state index in [0.29, 0.717) is 0 Å². The third-order valence-electron chi connectivity index (χ3n) is 3.34. The first-order valence-electron chi connectivity index (χ1n) is 6.27. The lowest BCUT2D eigenvalue weighted by molar-refractivity contribution is 0.371. The number of allylic oxidation sites excluding steroid dienone is 2. The smallest absolute Gasteiger partial charge is 0.156 e. The highest BCUT2D eigenvalue weighted by atomic mass is 79.9. The van der Waals surface area contributed by atoms with E-state index in [4.69, 9.17) is 10.7 Å². The molecule has 2 heterocycles. The van der Waals surface area contributed by atoms with Crippen LogP contribution in [0.1, 0.15) is 26.7 Å². The zero-order valence-corrected chi connectivity index (χ0v) is 14.3. The Morgan fingerprint density at radius 2 is 2.05 bits per heavy atom. The number of nitrogens with one attached hydrogen (secondary N) is 1. The van der Waals surface area contributed by atoms with Crippen LogP contribution in [0.25, 0.3) is 0 Å². The molecule has 5 nitrogen and oxygen atoms in total. The minimum Gasteiger partial charge on any atom is -0.401 e. The highest BCUT2D eigenvalue weighted by Crippen LogP contribution is 2.48. The van der Waals surface area contributed by atoms with Crippen LogP contribution in [-0.4, -0.2) is 22.7 Å². The van der Waals surface area contributed by atoms with E-state index in [1.165, 1.54) is 0 Å². The summed E-state index contributed by atoms with van der Waals surface area (Å²) in [5.74, 6) is 0.769. The van der Waals surface area contributed by atoms with Crippen molar-refractivity contribution < 1.29 is 0 Å². The molecule has 0 bridgehead atoms. The third-order valence-corrected chi connectivity index (χ3v) is 4.53. The molecule has 0 radical (unpaired) electrons. The van der Waals surface area contributed by atoms with Crippen molar-refractivity contribution >= 4 is 46.0 Å². The SMILES string of the molecule is Br.CNc1ncnc2c1N=C1CC(C)(C)CC(N)=C1S2. The average molecular weight is 356 g/mol. The number of rotatable bonds is 1. The number of nitrogens with zero attached hydrogens (tertiary/aromatic N) is 3. The van der Waals surface area contributed by atoms with Crippen LogP contribution in [-0.2, 0) is 0 Å². The zero-order valence-electron chi connectivity index (χ0n) is 11.7. The highest BCUT2D eigenvalue weighted by Gasteiger charge is 2.34. The van der Waals surface area contributed by atoms with Crippen LogP contribution in [0.4, 0.5) is 11.5 Å². The fourth-order valence-electron chi connectivity index (χ4n) is 2.54. The third kappa shape index (κ3) is 2.56. The molecule has 0 atom stereocenters. The molecule has 0 fully saturated rings. The Bertz CT molecular complexity index is 609. The number of nitrogens with two attached hydrogens (primary N) is 1. The van der Waals surface area contributed by atoms with E-state index >= 15 is 0 Å². The number of aromatic nitrogens is 2. The predicted octanol–water partition coefficient (Wildman–Crippen LogP) is 3.26.